The lowest BCUT2D eigenvalue weighted by molar-refractivity contribution is 0.0181. The van der Waals surface area contributed by atoms with Gasteiger partial charge in [0.25, 0.3) is 0 Å². The second-order valence-electron chi connectivity index (χ2n) is 4.08. The zero-order valence-electron chi connectivity index (χ0n) is 8.42. The summed E-state index contributed by atoms with van der Waals surface area (Å²) in [5, 5.41) is 0. The van der Waals surface area contributed by atoms with E-state index in [0.29, 0.717) is 12.0 Å². The van der Waals surface area contributed by atoms with Crippen molar-refractivity contribution in [3.05, 3.63) is 0 Å². The Kier molecular flexibility index (Phi) is 3.53. The average molecular weight is 171 g/mol. The molecule has 0 aromatic carbocycles. The molecule has 0 radical (unpaired) electrons. The van der Waals surface area contributed by atoms with Crippen LogP contribution in [0.5, 0.6) is 0 Å². The van der Waals surface area contributed by atoms with E-state index in [0.717, 1.165) is 12.5 Å². The average Bonchev–Trinajstić information content (AvgIpc) is 2.81. The van der Waals surface area contributed by atoms with Crippen molar-refractivity contribution in [2.24, 2.45) is 17.6 Å². The van der Waals surface area contributed by atoms with Gasteiger partial charge in [-0.3, -0.25) is 0 Å². The van der Waals surface area contributed by atoms with E-state index in [2.05, 4.69) is 13.8 Å². The van der Waals surface area contributed by atoms with Crippen molar-refractivity contribution in [2.75, 3.05) is 6.61 Å². The highest BCUT2D eigenvalue weighted by Gasteiger charge is 2.36. The summed E-state index contributed by atoms with van der Waals surface area (Å²) in [5.74, 6) is 1.28. The van der Waals surface area contributed by atoms with Crippen LogP contribution in [-0.4, -0.2) is 18.8 Å². The number of rotatable bonds is 5. The van der Waals surface area contributed by atoms with E-state index in [-0.39, 0.29) is 6.04 Å². The predicted molar refractivity (Wildman–Crippen MR) is 51.0 cm³/mol. The predicted octanol–water partition coefficient (Wildman–Crippen LogP) is 1.78. The smallest absolute Gasteiger partial charge is 0.0756 e. The van der Waals surface area contributed by atoms with Crippen molar-refractivity contribution in [3.8, 4) is 0 Å². The van der Waals surface area contributed by atoms with Gasteiger partial charge in [-0.25, -0.2) is 0 Å². The molecule has 0 heterocycles. The summed E-state index contributed by atoms with van der Waals surface area (Å²) < 4.78 is 5.66. The first-order valence-corrected chi connectivity index (χ1v) is 5.04. The molecule has 0 aliphatic heterocycles. The van der Waals surface area contributed by atoms with Crippen LogP contribution in [0.3, 0.4) is 0 Å². The van der Waals surface area contributed by atoms with E-state index in [1.54, 1.807) is 0 Å². The standard InChI is InChI=1S/C10H21NO/c1-4-12-10(8-5-6-8)9(11)7(2)3/h7-10H,4-6,11H2,1-3H3. The largest absolute Gasteiger partial charge is 0.377 e. The Labute approximate surface area is 75.5 Å². The lowest BCUT2D eigenvalue weighted by Gasteiger charge is -2.26. The van der Waals surface area contributed by atoms with Gasteiger partial charge in [0, 0.05) is 12.6 Å². The molecule has 72 valence electrons. The van der Waals surface area contributed by atoms with Crippen LogP contribution in [0.1, 0.15) is 33.6 Å². The maximum absolute atomic E-state index is 6.06. The Morgan fingerprint density at radius 3 is 2.33 bits per heavy atom. The highest BCUT2D eigenvalue weighted by atomic mass is 16.5. The number of hydrogen-bond acceptors (Lipinski definition) is 2. The van der Waals surface area contributed by atoms with E-state index < -0.39 is 0 Å². The summed E-state index contributed by atoms with van der Waals surface area (Å²) in [4.78, 5) is 0. The van der Waals surface area contributed by atoms with Gasteiger partial charge in [-0.2, -0.15) is 0 Å². The van der Waals surface area contributed by atoms with Crippen molar-refractivity contribution in [3.63, 3.8) is 0 Å². The molecule has 0 aromatic rings. The molecule has 1 aliphatic rings. The molecule has 1 rings (SSSR count). The van der Waals surface area contributed by atoms with Gasteiger partial charge in [0.2, 0.25) is 0 Å². The second-order valence-corrected chi connectivity index (χ2v) is 4.08. The van der Waals surface area contributed by atoms with Crippen molar-refractivity contribution >= 4 is 0 Å². The molecular weight excluding hydrogens is 150 g/mol. The van der Waals surface area contributed by atoms with E-state index in [9.17, 15) is 0 Å². The maximum Gasteiger partial charge on any atom is 0.0756 e. The first kappa shape index (κ1) is 10.0. The Bertz CT molecular complexity index is 132. The fourth-order valence-corrected chi connectivity index (χ4v) is 1.56. The van der Waals surface area contributed by atoms with Crippen LogP contribution >= 0.6 is 0 Å². The SMILES string of the molecule is CCOC(C1CC1)C(N)C(C)C. The molecule has 12 heavy (non-hydrogen) atoms. The zero-order chi connectivity index (χ0) is 9.14. The molecule has 1 aliphatic carbocycles. The molecule has 2 atom stereocenters. The molecule has 0 bridgehead atoms. The fraction of sp³-hybridized carbons (Fsp3) is 1.00. The van der Waals surface area contributed by atoms with Gasteiger partial charge in [0.1, 0.15) is 0 Å². The molecule has 2 nitrogen and oxygen atoms in total. The second kappa shape index (κ2) is 4.24. The van der Waals surface area contributed by atoms with E-state index in [4.69, 9.17) is 10.5 Å². The van der Waals surface area contributed by atoms with Gasteiger partial charge < -0.3 is 10.5 Å². The quantitative estimate of drug-likeness (QED) is 0.684. The highest BCUT2D eigenvalue weighted by Crippen LogP contribution is 2.36. The molecule has 0 aromatic heterocycles. The number of nitrogens with two attached hydrogens (primary N) is 1. The first-order chi connectivity index (χ1) is 5.66. The molecule has 0 amide bonds. The molecule has 2 N–H and O–H groups in total. The van der Waals surface area contributed by atoms with Crippen LogP contribution < -0.4 is 5.73 Å². The summed E-state index contributed by atoms with van der Waals surface area (Å²) >= 11 is 0. The van der Waals surface area contributed by atoms with Crippen LogP contribution in [0.15, 0.2) is 0 Å². The van der Waals surface area contributed by atoms with Gasteiger partial charge in [0.05, 0.1) is 6.10 Å². The third-order valence-electron chi connectivity index (χ3n) is 2.59. The molecule has 2 heteroatoms. The van der Waals surface area contributed by atoms with Gasteiger partial charge in [-0.1, -0.05) is 13.8 Å². The van der Waals surface area contributed by atoms with Crippen molar-refractivity contribution < 1.29 is 4.74 Å². The summed E-state index contributed by atoms with van der Waals surface area (Å²) in [6, 6.07) is 0.220. The van der Waals surface area contributed by atoms with E-state index >= 15 is 0 Å². The Hall–Kier alpha value is -0.0800. The first-order valence-electron chi connectivity index (χ1n) is 5.04. The van der Waals surface area contributed by atoms with Gasteiger partial charge in [0.15, 0.2) is 0 Å². The molecule has 2 unspecified atom stereocenters. The number of hydrogen-bond donors (Lipinski definition) is 1. The van der Waals surface area contributed by atoms with Crippen molar-refractivity contribution in [1.82, 2.24) is 0 Å². The Morgan fingerprint density at radius 2 is 2.00 bits per heavy atom. The summed E-state index contributed by atoms with van der Waals surface area (Å²) in [5.41, 5.74) is 6.06. The third-order valence-corrected chi connectivity index (χ3v) is 2.59. The molecule has 1 saturated carbocycles. The number of ether oxygens (including phenoxy) is 1. The highest BCUT2D eigenvalue weighted by molar-refractivity contribution is 4.89. The molecule has 1 fully saturated rings. The van der Waals surface area contributed by atoms with Crippen molar-refractivity contribution in [2.45, 2.75) is 45.8 Å². The zero-order valence-corrected chi connectivity index (χ0v) is 8.42. The van der Waals surface area contributed by atoms with Gasteiger partial charge >= 0.3 is 0 Å². The Balaban J connectivity index is 2.40. The normalized spacial score (nSPS) is 22.8. The lowest BCUT2D eigenvalue weighted by atomic mass is 9.96. The minimum atomic E-state index is 0.220. The van der Waals surface area contributed by atoms with Gasteiger partial charge in [-0.15, -0.1) is 0 Å². The van der Waals surface area contributed by atoms with Crippen molar-refractivity contribution in [1.29, 1.82) is 0 Å². The summed E-state index contributed by atoms with van der Waals surface area (Å²) in [6.07, 6.45) is 2.94. The maximum atomic E-state index is 6.06. The molecule has 0 spiro atoms. The minimum Gasteiger partial charge on any atom is -0.377 e. The van der Waals surface area contributed by atoms with Crippen LogP contribution in [0.4, 0.5) is 0 Å². The summed E-state index contributed by atoms with van der Waals surface area (Å²) in [7, 11) is 0. The monoisotopic (exact) mass is 171 g/mol. The third kappa shape index (κ3) is 2.46. The van der Waals surface area contributed by atoms with Gasteiger partial charge in [-0.05, 0) is 31.6 Å². The van der Waals surface area contributed by atoms with E-state index in [1.807, 2.05) is 6.92 Å². The van der Waals surface area contributed by atoms with Crippen LogP contribution in [0.2, 0.25) is 0 Å². The Morgan fingerprint density at radius 1 is 1.42 bits per heavy atom. The van der Waals surface area contributed by atoms with Crippen LogP contribution in [0.25, 0.3) is 0 Å². The summed E-state index contributed by atoms with van der Waals surface area (Å²) in [6.45, 7) is 7.17. The molecule has 0 saturated heterocycles. The van der Waals surface area contributed by atoms with Crippen LogP contribution in [0, 0.1) is 11.8 Å². The lowest BCUT2D eigenvalue weighted by Crippen LogP contribution is -2.42. The topological polar surface area (TPSA) is 35.2 Å². The minimum absolute atomic E-state index is 0.220. The molecular formula is C10H21NO. The van der Waals surface area contributed by atoms with E-state index in [1.165, 1.54) is 12.8 Å². The van der Waals surface area contributed by atoms with Crippen LogP contribution in [-0.2, 0) is 4.74 Å². The fourth-order valence-electron chi connectivity index (χ4n) is 1.56.